The highest BCUT2D eigenvalue weighted by molar-refractivity contribution is 9.10. The molecule has 0 N–H and O–H groups in total. The van der Waals surface area contributed by atoms with Gasteiger partial charge in [0, 0.05) is 52.9 Å². The third-order valence-electron chi connectivity index (χ3n) is 7.04. The summed E-state index contributed by atoms with van der Waals surface area (Å²) >= 11 is 2.09. The zero-order valence-electron chi connectivity index (χ0n) is 28.6. The van der Waals surface area contributed by atoms with Crippen LogP contribution in [0.15, 0.2) is 111 Å². The minimum Gasteiger partial charge on any atom is -0.339 e. The molecule has 2 aromatic carbocycles. The summed E-state index contributed by atoms with van der Waals surface area (Å²) < 4.78 is 54.4. The number of hydrogen-bond donors (Lipinski definition) is 0. The molecule has 263 valence electrons. The summed E-state index contributed by atoms with van der Waals surface area (Å²) in [6.45, 7) is 5.62. The monoisotopic (exact) mass is 818 g/mol. The summed E-state index contributed by atoms with van der Waals surface area (Å²) in [5.74, 6) is 2.07. The van der Waals surface area contributed by atoms with E-state index < -0.39 is 23.1 Å². The SMILES string of the molecule is Cc1nc(-c2ccc3c(Br)cn(-c4ccccc4)c3n2)no1.Cc1nc(-c2ccc3c(C)cn(-c4ccccc4)c3n2)no1.O=S=O.O=S=O.[2H][B]P. The fourth-order valence-corrected chi connectivity index (χ4v) is 5.47. The Bertz CT molecular complexity index is 2320. The van der Waals surface area contributed by atoms with Crippen LogP contribution in [-0.2, 0) is 23.1 Å². The molecule has 52 heavy (non-hydrogen) atoms. The van der Waals surface area contributed by atoms with E-state index in [-0.39, 0.29) is 0 Å². The van der Waals surface area contributed by atoms with Gasteiger partial charge in [0.2, 0.25) is 23.4 Å². The van der Waals surface area contributed by atoms with Crippen molar-refractivity contribution in [3.8, 4) is 34.4 Å². The first-order valence-corrected chi connectivity index (χ1v) is 17.6. The third kappa shape index (κ3) is 9.53. The average Bonchev–Trinajstić information content (AvgIpc) is 3.96. The summed E-state index contributed by atoms with van der Waals surface area (Å²) in [5.41, 5.74) is 6.44. The van der Waals surface area contributed by atoms with Crippen LogP contribution in [0.5, 0.6) is 0 Å². The van der Waals surface area contributed by atoms with Gasteiger partial charge in [-0.15, -0.1) is 0 Å². The van der Waals surface area contributed by atoms with Gasteiger partial charge in [-0.1, -0.05) is 46.7 Å². The minimum atomic E-state index is -0.750. The third-order valence-corrected chi connectivity index (χ3v) is 7.67. The molecule has 6 aromatic heterocycles. The standard InChI is InChI=1S/C17H14N4O.C16H11BrN4O.BH3P.2O2S/c1-11-10-21(13-6-4-3-5-7-13)17-14(11)8-9-15(19-17)16-18-12(2)22-20-16;1-10-18-15(20-22-10)14-8-7-12-13(17)9-21(16(12)19-14)11-5-3-2-4-6-11;1-2;2*1-3-2/h3-10H,1-2H3;2-9H,1H3;1H,2H2;;/i;;1D;;. The molecule has 0 saturated heterocycles. The van der Waals surface area contributed by atoms with Gasteiger partial charge < -0.3 is 18.2 Å². The Labute approximate surface area is 317 Å². The molecule has 0 spiro atoms. The Morgan fingerprint density at radius 2 is 1.06 bits per heavy atom. The molecule has 0 amide bonds. The number of aryl methyl sites for hydroxylation is 3. The lowest BCUT2D eigenvalue weighted by atomic mass is 10.2. The first kappa shape index (κ1) is 38.0. The molecule has 1 radical (unpaired) electrons. The van der Waals surface area contributed by atoms with Gasteiger partial charge in [-0.2, -0.15) is 35.9 Å². The number of hydrogen-bond acceptors (Lipinski definition) is 12. The van der Waals surface area contributed by atoms with Gasteiger partial charge in [0.1, 0.15) is 30.2 Å². The summed E-state index contributed by atoms with van der Waals surface area (Å²) in [6.07, 6.45) is 4.11. The van der Waals surface area contributed by atoms with E-state index in [9.17, 15) is 0 Å². The van der Waals surface area contributed by atoms with Crippen LogP contribution in [-0.4, -0.2) is 65.1 Å². The quantitative estimate of drug-likeness (QED) is 0.146. The topological polar surface area (TPSA) is 182 Å². The fraction of sp³-hybridized carbons (Fsp3) is 0.0909. The predicted octanol–water partition coefficient (Wildman–Crippen LogP) is 6.18. The molecular formula is C33H28BBrN8O6PS2. The normalized spacial score (nSPS) is 10.2. The molecule has 0 aliphatic heterocycles. The first-order chi connectivity index (χ1) is 25.7. The number of fused-ring (bicyclic) bond motifs is 2. The Kier molecular flexibility index (Phi) is 14.1. The summed E-state index contributed by atoms with van der Waals surface area (Å²) in [5, 5.41) is 10.0. The predicted molar refractivity (Wildman–Crippen MR) is 205 cm³/mol. The number of rotatable bonds is 4. The van der Waals surface area contributed by atoms with Gasteiger partial charge in [0.25, 0.3) is 0 Å². The Morgan fingerprint density at radius 3 is 1.48 bits per heavy atom. The van der Waals surface area contributed by atoms with E-state index in [2.05, 4.69) is 81.2 Å². The lowest BCUT2D eigenvalue weighted by Gasteiger charge is -2.04. The Hall–Kier alpha value is -5.29. The van der Waals surface area contributed by atoms with Crippen LogP contribution >= 0.6 is 25.0 Å². The fourth-order valence-electron chi connectivity index (χ4n) is 4.95. The maximum Gasteiger partial charge on any atom is 0.335 e. The van der Waals surface area contributed by atoms with Crippen molar-refractivity contribution >= 4 is 77.8 Å². The number of nitrogens with zero attached hydrogens (tertiary/aromatic N) is 8. The Balaban J connectivity index is 0.000000194. The maximum atomic E-state index is 8.29. The lowest BCUT2D eigenvalue weighted by Crippen LogP contribution is -1.95. The maximum absolute atomic E-state index is 8.29. The Morgan fingerprint density at radius 1 is 0.654 bits per heavy atom. The molecule has 8 rings (SSSR count). The van der Waals surface area contributed by atoms with Crippen LogP contribution < -0.4 is 0 Å². The molecule has 1 unspecified atom stereocenters. The van der Waals surface area contributed by atoms with Crippen molar-refractivity contribution in [2.75, 3.05) is 0 Å². The molecule has 1 atom stereocenters. The van der Waals surface area contributed by atoms with E-state index in [1.807, 2.05) is 77.5 Å². The molecule has 19 heteroatoms. The van der Waals surface area contributed by atoms with E-state index >= 15 is 0 Å². The second kappa shape index (κ2) is 19.4. The number of para-hydroxylation sites is 2. The second-order valence-electron chi connectivity index (χ2n) is 10.2. The second-order valence-corrected chi connectivity index (χ2v) is 11.4. The van der Waals surface area contributed by atoms with Crippen LogP contribution in [0.4, 0.5) is 0 Å². The van der Waals surface area contributed by atoms with Crippen molar-refractivity contribution in [3.63, 3.8) is 0 Å². The number of pyridine rings is 2. The average molecular weight is 819 g/mol. The van der Waals surface area contributed by atoms with Gasteiger partial charge in [0.15, 0.2) is 0 Å². The van der Waals surface area contributed by atoms with Gasteiger partial charge in [-0.25, -0.2) is 9.97 Å². The van der Waals surface area contributed by atoms with E-state index in [1.54, 1.807) is 13.8 Å². The minimum absolute atomic E-state index is 0.497. The first-order valence-electron chi connectivity index (χ1n) is 15.4. The zero-order valence-corrected chi connectivity index (χ0v) is 32.0. The van der Waals surface area contributed by atoms with Crippen LogP contribution in [0.25, 0.3) is 56.5 Å². The largest absolute Gasteiger partial charge is 0.339 e. The highest BCUT2D eigenvalue weighted by Crippen LogP contribution is 2.30. The van der Waals surface area contributed by atoms with Crippen LogP contribution in [0.2, 0.25) is 0 Å². The van der Waals surface area contributed by atoms with Crippen molar-refractivity contribution in [2.45, 2.75) is 20.8 Å². The summed E-state index contributed by atoms with van der Waals surface area (Å²) in [7, 11) is 3.29. The van der Waals surface area contributed by atoms with E-state index in [0.717, 1.165) is 37.9 Å². The number of halogens is 1. The van der Waals surface area contributed by atoms with Crippen molar-refractivity contribution in [2.24, 2.45) is 0 Å². The zero-order chi connectivity index (χ0) is 38.3. The van der Waals surface area contributed by atoms with Crippen LogP contribution in [0, 0.1) is 20.8 Å². The molecule has 0 aliphatic rings. The van der Waals surface area contributed by atoms with Crippen molar-refractivity contribution in [1.29, 1.82) is 1.34 Å². The van der Waals surface area contributed by atoms with Crippen molar-refractivity contribution < 1.29 is 25.9 Å². The molecule has 0 aliphatic carbocycles. The van der Waals surface area contributed by atoms with E-state index in [1.165, 1.54) is 13.1 Å². The molecule has 0 bridgehead atoms. The molecule has 0 fully saturated rings. The molecule has 0 saturated carbocycles. The molecular weight excluding hydrogens is 790 g/mol. The van der Waals surface area contributed by atoms with Crippen molar-refractivity contribution in [3.05, 3.63) is 119 Å². The molecule has 8 aromatic rings. The summed E-state index contributed by atoms with van der Waals surface area (Å²) in [4.78, 5) is 17.9. The van der Waals surface area contributed by atoms with Gasteiger partial charge >= 0.3 is 23.1 Å². The van der Waals surface area contributed by atoms with Crippen LogP contribution in [0.3, 0.4) is 0 Å². The highest BCUT2D eigenvalue weighted by atomic mass is 79.9. The van der Waals surface area contributed by atoms with E-state index in [4.69, 9.17) is 37.2 Å². The lowest BCUT2D eigenvalue weighted by molar-refractivity contribution is 0.394. The highest BCUT2D eigenvalue weighted by Gasteiger charge is 2.15. The van der Waals surface area contributed by atoms with Gasteiger partial charge in [0.05, 0.1) is 0 Å². The van der Waals surface area contributed by atoms with Gasteiger partial charge in [-0.3, -0.25) is 0 Å². The summed E-state index contributed by atoms with van der Waals surface area (Å²) in [6, 6.07) is 28.1. The van der Waals surface area contributed by atoms with Crippen molar-refractivity contribution in [1.82, 2.24) is 39.4 Å². The molecule has 14 nitrogen and oxygen atoms in total. The van der Waals surface area contributed by atoms with Crippen LogP contribution in [0.1, 0.15) is 17.3 Å². The van der Waals surface area contributed by atoms with Gasteiger partial charge in [-0.05, 0) is 78.3 Å². The number of aromatic nitrogens is 8. The molecule has 6 heterocycles. The van der Waals surface area contributed by atoms with E-state index in [0.29, 0.717) is 34.8 Å². The smallest absolute Gasteiger partial charge is 0.335 e. The number of benzene rings is 2.